The largest absolute Gasteiger partial charge is 0.463 e. The molecule has 0 bridgehead atoms. The predicted octanol–water partition coefficient (Wildman–Crippen LogP) is 6.95. The molecule has 0 aromatic heterocycles. The SMILES string of the molecule is COC(=O)/C(=C/[C@H](c1ccc(Br)cc1)C(C(=O)OCc1ccccc1)C(=O)OCc1ccccc1)OC(=O)/C=C/c1ccccc1. The summed E-state index contributed by atoms with van der Waals surface area (Å²) in [7, 11) is 1.12. The number of rotatable bonds is 13. The number of allylic oxidation sites excluding steroid dienone is 1. The molecule has 0 saturated heterocycles. The highest BCUT2D eigenvalue weighted by molar-refractivity contribution is 9.10. The van der Waals surface area contributed by atoms with Gasteiger partial charge in [0, 0.05) is 16.5 Å². The Morgan fingerprint density at radius 2 is 1.20 bits per heavy atom. The Morgan fingerprint density at radius 3 is 1.70 bits per heavy atom. The Hall–Kier alpha value is -5.28. The van der Waals surface area contributed by atoms with Crippen LogP contribution in [0.4, 0.5) is 0 Å². The quantitative estimate of drug-likeness (QED) is 0.0491. The van der Waals surface area contributed by atoms with Crippen molar-refractivity contribution in [1.29, 1.82) is 0 Å². The van der Waals surface area contributed by atoms with E-state index < -0.39 is 41.5 Å². The Labute approximate surface area is 275 Å². The summed E-state index contributed by atoms with van der Waals surface area (Å²) in [6, 6.07) is 33.7. The van der Waals surface area contributed by atoms with Crippen LogP contribution in [0.25, 0.3) is 6.08 Å². The van der Waals surface area contributed by atoms with Crippen molar-refractivity contribution in [2.75, 3.05) is 7.11 Å². The minimum absolute atomic E-state index is 0.109. The van der Waals surface area contributed by atoms with Crippen LogP contribution in [0.15, 0.2) is 138 Å². The number of hydrogen-bond donors (Lipinski definition) is 0. The smallest absolute Gasteiger partial charge is 0.373 e. The zero-order valence-corrected chi connectivity index (χ0v) is 26.5. The Bertz CT molecular complexity index is 1610. The summed E-state index contributed by atoms with van der Waals surface area (Å²) in [5, 5.41) is 0. The second kappa shape index (κ2) is 17.3. The number of carbonyl (C=O) groups excluding carboxylic acids is 4. The van der Waals surface area contributed by atoms with Crippen molar-refractivity contribution >= 4 is 45.9 Å². The van der Waals surface area contributed by atoms with Gasteiger partial charge in [-0.2, -0.15) is 0 Å². The lowest BCUT2D eigenvalue weighted by Gasteiger charge is -2.23. The van der Waals surface area contributed by atoms with Crippen LogP contribution in [0.5, 0.6) is 0 Å². The molecule has 0 aliphatic carbocycles. The summed E-state index contributed by atoms with van der Waals surface area (Å²) >= 11 is 3.40. The van der Waals surface area contributed by atoms with Crippen LogP contribution < -0.4 is 0 Å². The second-order valence-corrected chi connectivity index (χ2v) is 10.8. The fourth-order valence-corrected chi connectivity index (χ4v) is 4.64. The van der Waals surface area contributed by atoms with E-state index in [1.807, 2.05) is 30.3 Å². The molecule has 0 N–H and O–H groups in total. The molecule has 0 amide bonds. The van der Waals surface area contributed by atoms with Crippen LogP contribution in [-0.2, 0) is 51.3 Å². The minimum atomic E-state index is -1.59. The van der Waals surface area contributed by atoms with E-state index in [1.165, 1.54) is 12.2 Å². The summed E-state index contributed by atoms with van der Waals surface area (Å²) in [6.45, 7) is -0.218. The fraction of sp³-hybridized carbons (Fsp3) is 0.135. The van der Waals surface area contributed by atoms with Crippen molar-refractivity contribution in [3.63, 3.8) is 0 Å². The van der Waals surface area contributed by atoms with Gasteiger partial charge in [0.25, 0.3) is 0 Å². The van der Waals surface area contributed by atoms with Crippen molar-refractivity contribution in [2.45, 2.75) is 19.1 Å². The van der Waals surface area contributed by atoms with Gasteiger partial charge in [-0.15, -0.1) is 0 Å². The van der Waals surface area contributed by atoms with Crippen LogP contribution >= 0.6 is 15.9 Å². The highest BCUT2D eigenvalue weighted by Gasteiger charge is 2.39. The first-order chi connectivity index (χ1) is 22.3. The molecule has 1 atom stereocenters. The van der Waals surface area contributed by atoms with Crippen LogP contribution in [0.1, 0.15) is 28.2 Å². The van der Waals surface area contributed by atoms with E-state index in [2.05, 4.69) is 15.9 Å². The third kappa shape index (κ3) is 10.1. The van der Waals surface area contributed by atoms with E-state index in [4.69, 9.17) is 18.9 Å². The van der Waals surface area contributed by atoms with Gasteiger partial charge in [0.1, 0.15) is 13.2 Å². The number of methoxy groups -OCH3 is 1. The third-order valence-corrected chi connectivity index (χ3v) is 7.24. The zero-order valence-electron chi connectivity index (χ0n) is 24.9. The molecule has 234 valence electrons. The lowest BCUT2D eigenvalue weighted by Crippen LogP contribution is -2.33. The van der Waals surface area contributed by atoms with Gasteiger partial charge >= 0.3 is 23.9 Å². The first-order valence-corrected chi connectivity index (χ1v) is 15.0. The van der Waals surface area contributed by atoms with Crippen LogP contribution in [-0.4, -0.2) is 31.0 Å². The summed E-state index contributed by atoms with van der Waals surface area (Å²) in [6.07, 6.45) is 3.89. The summed E-state index contributed by atoms with van der Waals surface area (Å²) in [4.78, 5) is 53.2. The maximum Gasteiger partial charge on any atom is 0.373 e. The maximum absolute atomic E-state index is 13.8. The standard InChI is InChI=1S/C37H31BrO8/c1-43-35(40)32(46-33(39)22-17-26-11-5-2-6-12-26)23-31(29-18-20-30(38)21-19-29)34(36(41)44-24-27-13-7-3-8-14-27)37(42)45-25-28-15-9-4-10-16-28/h2-23,31,34H,24-25H2,1H3/b22-17+,32-23-/t31-/m1/s1. The zero-order chi connectivity index (χ0) is 32.7. The lowest BCUT2D eigenvalue weighted by atomic mass is 9.85. The van der Waals surface area contributed by atoms with Gasteiger partial charge in [-0.25, -0.2) is 9.59 Å². The Kier molecular flexibility index (Phi) is 12.6. The number of ether oxygens (including phenoxy) is 4. The Balaban J connectivity index is 1.72. The van der Waals surface area contributed by atoms with Gasteiger partial charge in [-0.1, -0.05) is 119 Å². The molecule has 0 fully saturated rings. The highest BCUT2D eigenvalue weighted by Crippen LogP contribution is 2.32. The summed E-state index contributed by atoms with van der Waals surface area (Å²) in [5.41, 5.74) is 2.59. The van der Waals surface area contributed by atoms with Crippen molar-refractivity contribution < 1.29 is 38.1 Å². The van der Waals surface area contributed by atoms with Crippen LogP contribution in [0.3, 0.4) is 0 Å². The van der Waals surface area contributed by atoms with Crippen LogP contribution in [0, 0.1) is 5.92 Å². The van der Waals surface area contributed by atoms with E-state index in [1.54, 1.807) is 84.9 Å². The average Bonchev–Trinajstić information content (AvgIpc) is 3.09. The van der Waals surface area contributed by atoms with Crippen molar-refractivity contribution in [2.24, 2.45) is 5.92 Å². The first kappa shape index (κ1) is 33.6. The molecule has 4 aromatic rings. The summed E-state index contributed by atoms with van der Waals surface area (Å²) < 4.78 is 22.3. The molecule has 0 unspecified atom stereocenters. The Morgan fingerprint density at radius 1 is 0.696 bits per heavy atom. The molecule has 8 nitrogen and oxygen atoms in total. The number of halogens is 1. The maximum atomic E-state index is 13.8. The molecular formula is C37H31BrO8. The third-order valence-electron chi connectivity index (χ3n) is 6.71. The molecule has 0 aliphatic heterocycles. The number of hydrogen-bond acceptors (Lipinski definition) is 8. The topological polar surface area (TPSA) is 105 Å². The van der Waals surface area contributed by atoms with E-state index in [0.717, 1.165) is 23.2 Å². The lowest BCUT2D eigenvalue weighted by molar-refractivity contribution is -0.164. The van der Waals surface area contributed by atoms with Crippen molar-refractivity contribution in [3.05, 3.63) is 160 Å². The molecule has 4 aromatic carbocycles. The molecule has 9 heteroatoms. The van der Waals surface area contributed by atoms with E-state index >= 15 is 0 Å². The number of carbonyl (C=O) groups is 4. The highest BCUT2D eigenvalue weighted by atomic mass is 79.9. The van der Waals surface area contributed by atoms with E-state index in [9.17, 15) is 19.2 Å². The van der Waals surface area contributed by atoms with E-state index in [-0.39, 0.29) is 13.2 Å². The van der Waals surface area contributed by atoms with Crippen LogP contribution in [0.2, 0.25) is 0 Å². The number of benzene rings is 4. The van der Waals surface area contributed by atoms with Gasteiger partial charge in [0.15, 0.2) is 5.92 Å². The molecule has 0 saturated carbocycles. The minimum Gasteiger partial charge on any atom is -0.463 e. The van der Waals surface area contributed by atoms with E-state index in [0.29, 0.717) is 16.7 Å². The van der Waals surface area contributed by atoms with Gasteiger partial charge < -0.3 is 18.9 Å². The molecule has 0 heterocycles. The normalized spacial score (nSPS) is 11.9. The van der Waals surface area contributed by atoms with Gasteiger partial charge in [-0.3, -0.25) is 9.59 Å². The van der Waals surface area contributed by atoms with Crippen molar-refractivity contribution in [1.82, 2.24) is 0 Å². The average molecular weight is 684 g/mol. The van der Waals surface area contributed by atoms with Crippen molar-refractivity contribution in [3.8, 4) is 0 Å². The monoisotopic (exact) mass is 682 g/mol. The summed E-state index contributed by atoms with van der Waals surface area (Å²) in [5.74, 6) is -6.93. The van der Waals surface area contributed by atoms with Gasteiger partial charge in [0.05, 0.1) is 7.11 Å². The molecule has 46 heavy (non-hydrogen) atoms. The predicted molar refractivity (Wildman–Crippen MR) is 175 cm³/mol. The number of esters is 4. The fourth-order valence-electron chi connectivity index (χ4n) is 4.37. The van der Waals surface area contributed by atoms with Gasteiger partial charge in [0.2, 0.25) is 5.76 Å². The molecule has 0 aliphatic rings. The molecule has 0 spiro atoms. The molecule has 0 radical (unpaired) electrons. The van der Waals surface area contributed by atoms with Gasteiger partial charge in [-0.05, 0) is 46.5 Å². The first-order valence-electron chi connectivity index (χ1n) is 14.3. The molecular weight excluding hydrogens is 652 g/mol. The molecule has 4 rings (SSSR count). The second-order valence-electron chi connectivity index (χ2n) is 9.93.